The second-order valence-corrected chi connectivity index (χ2v) is 3.57. The normalized spacial score (nSPS) is 12.3. The predicted molar refractivity (Wildman–Crippen MR) is 55.9 cm³/mol. The minimum absolute atomic E-state index is 0.00287. The summed E-state index contributed by atoms with van der Waals surface area (Å²) < 4.78 is 28.8. The van der Waals surface area contributed by atoms with Gasteiger partial charge in [-0.15, -0.1) is 0 Å². The average Bonchev–Trinajstić information content (AvgIpc) is 2.60. The molecule has 0 aliphatic carbocycles. The molecule has 0 unspecified atom stereocenters. The number of aryl methyl sites for hydroxylation is 1. The Morgan fingerprint density at radius 2 is 2.07 bits per heavy atom. The van der Waals surface area contributed by atoms with Gasteiger partial charge in [0.05, 0.1) is 6.54 Å². The molecular weight excluding hydrogens is 198 g/mol. The highest BCUT2D eigenvalue weighted by Crippen LogP contribution is 2.32. The number of halogens is 2. The monoisotopic (exact) mass is 210 g/mol. The van der Waals surface area contributed by atoms with Gasteiger partial charge in [0.2, 0.25) is 0 Å². The highest BCUT2D eigenvalue weighted by molar-refractivity contribution is 5.84. The zero-order chi connectivity index (χ0) is 11.1. The van der Waals surface area contributed by atoms with Gasteiger partial charge in [-0.05, 0) is 12.1 Å². The maximum Gasteiger partial charge on any atom is 0.285 e. The molecule has 2 nitrogen and oxygen atoms in total. The summed E-state index contributed by atoms with van der Waals surface area (Å²) in [6.45, 7) is -0.666. The largest absolute Gasteiger partial charge is 0.351 e. The summed E-state index contributed by atoms with van der Waals surface area (Å²) in [5.41, 5.74) is 5.87. The minimum Gasteiger partial charge on any atom is -0.351 e. The number of rotatable bonds is 2. The van der Waals surface area contributed by atoms with Crippen LogP contribution in [-0.2, 0) is 13.0 Å². The van der Waals surface area contributed by atoms with Gasteiger partial charge in [-0.2, -0.15) is 8.78 Å². The second kappa shape index (κ2) is 3.31. The summed E-state index contributed by atoms with van der Waals surface area (Å²) in [5, 5.41) is 0.565. The lowest BCUT2D eigenvalue weighted by Gasteiger charge is -2.15. The van der Waals surface area contributed by atoms with Crippen molar-refractivity contribution < 1.29 is 8.78 Å². The van der Waals surface area contributed by atoms with Crippen molar-refractivity contribution in [1.29, 1.82) is 0 Å². The van der Waals surface area contributed by atoms with Crippen LogP contribution in [0, 0.1) is 0 Å². The van der Waals surface area contributed by atoms with Gasteiger partial charge in [0.25, 0.3) is 5.92 Å². The first kappa shape index (κ1) is 10.1. The Kier molecular flexibility index (Phi) is 2.23. The predicted octanol–water partition coefficient (Wildman–Crippen LogP) is 2.23. The van der Waals surface area contributed by atoms with Crippen LogP contribution in [0.3, 0.4) is 0 Å². The molecule has 0 atom stereocenters. The molecule has 0 aliphatic rings. The van der Waals surface area contributed by atoms with Crippen LogP contribution in [0.25, 0.3) is 10.9 Å². The van der Waals surface area contributed by atoms with Gasteiger partial charge in [-0.3, -0.25) is 0 Å². The number of hydrogen-bond donors (Lipinski definition) is 1. The summed E-state index contributed by atoms with van der Waals surface area (Å²) in [6, 6.07) is 6.55. The van der Waals surface area contributed by atoms with Gasteiger partial charge in [0.15, 0.2) is 0 Å². The van der Waals surface area contributed by atoms with Gasteiger partial charge in [0.1, 0.15) is 0 Å². The number of nitrogens with zero attached hydrogens (tertiary/aromatic N) is 1. The maximum atomic E-state index is 13.5. The number of hydrogen-bond acceptors (Lipinski definition) is 1. The Labute approximate surface area is 86.3 Å². The number of benzene rings is 1. The molecule has 1 aromatic heterocycles. The molecule has 1 aromatic carbocycles. The lowest BCUT2D eigenvalue weighted by Crippen LogP contribution is -2.25. The molecule has 0 radical (unpaired) electrons. The van der Waals surface area contributed by atoms with E-state index in [1.807, 2.05) is 17.7 Å². The highest BCUT2D eigenvalue weighted by atomic mass is 19.3. The average molecular weight is 210 g/mol. The van der Waals surface area contributed by atoms with Crippen LogP contribution in [0.5, 0.6) is 0 Å². The topological polar surface area (TPSA) is 30.9 Å². The van der Waals surface area contributed by atoms with Crippen molar-refractivity contribution in [1.82, 2.24) is 4.57 Å². The van der Waals surface area contributed by atoms with Crippen molar-refractivity contribution in [3.8, 4) is 0 Å². The Morgan fingerprint density at radius 3 is 2.73 bits per heavy atom. The molecule has 0 saturated heterocycles. The first-order valence-corrected chi connectivity index (χ1v) is 4.68. The third kappa shape index (κ3) is 1.51. The zero-order valence-corrected chi connectivity index (χ0v) is 8.37. The standard InChI is InChI=1S/C11H12F2N2/c1-15-6-5-8-9(11(12,13)7-14)3-2-4-10(8)15/h2-6H,7,14H2,1H3. The van der Waals surface area contributed by atoms with Crippen molar-refractivity contribution in [2.45, 2.75) is 5.92 Å². The van der Waals surface area contributed by atoms with Crippen molar-refractivity contribution in [2.24, 2.45) is 12.8 Å². The molecule has 2 N–H and O–H groups in total. The summed E-state index contributed by atoms with van der Waals surface area (Å²) in [7, 11) is 1.83. The van der Waals surface area contributed by atoms with Gasteiger partial charge in [0, 0.05) is 29.7 Å². The van der Waals surface area contributed by atoms with Crippen LogP contribution in [0.15, 0.2) is 30.5 Å². The summed E-state index contributed by atoms with van der Waals surface area (Å²) in [5.74, 6) is -2.96. The van der Waals surface area contributed by atoms with Gasteiger partial charge < -0.3 is 10.3 Å². The maximum absolute atomic E-state index is 13.5. The molecule has 1 heterocycles. The van der Waals surface area contributed by atoms with E-state index in [2.05, 4.69) is 0 Å². The van der Waals surface area contributed by atoms with Crippen molar-refractivity contribution >= 4 is 10.9 Å². The SMILES string of the molecule is Cn1ccc2c(C(F)(F)CN)cccc21. The van der Waals surface area contributed by atoms with Gasteiger partial charge >= 0.3 is 0 Å². The van der Waals surface area contributed by atoms with Crippen LogP contribution in [0.2, 0.25) is 0 Å². The number of nitrogens with two attached hydrogens (primary N) is 1. The van der Waals surface area contributed by atoms with E-state index in [0.717, 1.165) is 5.52 Å². The lowest BCUT2D eigenvalue weighted by atomic mass is 10.0. The third-order valence-corrected chi connectivity index (χ3v) is 2.58. The zero-order valence-electron chi connectivity index (χ0n) is 8.37. The van der Waals surface area contributed by atoms with Crippen molar-refractivity contribution in [2.75, 3.05) is 6.54 Å². The Morgan fingerprint density at radius 1 is 1.33 bits per heavy atom. The van der Waals surface area contributed by atoms with E-state index >= 15 is 0 Å². The summed E-state index contributed by atoms with van der Waals surface area (Å²) in [4.78, 5) is 0. The minimum atomic E-state index is -2.96. The summed E-state index contributed by atoms with van der Waals surface area (Å²) in [6.07, 6.45) is 1.76. The van der Waals surface area contributed by atoms with Crippen molar-refractivity contribution in [3.63, 3.8) is 0 Å². The van der Waals surface area contributed by atoms with Crippen LogP contribution in [0.4, 0.5) is 8.78 Å². The lowest BCUT2D eigenvalue weighted by molar-refractivity contribution is 0.00754. The molecule has 2 aromatic rings. The molecule has 15 heavy (non-hydrogen) atoms. The molecule has 0 amide bonds. The van der Waals surface area contributed by atoms with E-state index in [4.69, 9.17) is 5.73 Å². The fourth-order valence-electron chi connectivity index (χ4n) is 1.73. The Bertz CT molecular complexity index is 488. The van der Waals surface area contributed by atoms with E-state index in [9.17, 15) is 8.78 Å². The molecule has 0 fully saturated rings. The fraction of sp³-hybridized carbons (Fsp3) is 0.273. The van der Waals surface area contributed by atoms with Gasteiger partial charge in [-0.1, -0.05) is 12.1 Å². The molecule has 0 aliphatic heterocycles. The van der Waals surface area contributed by atoms with Crippen LogP contribution >= 0.6 is 0 Å². The molecular formula is C11H12F2N2. The second-order valence-electron chi connectivity index (χ2n) is 3.57. The fourth-order valence-corrected chi connectivity index (χ4v) is 1.73. The molecule has 2 rings (SSSR count). The number of aromatic nitrogens is 1. The van der Waals surface area contributed by atoms with Crippen LogP contribution in [-0.4, -0.2) is 11.1 Å². The molecule has 80 valence electrons. The van der Waals surface area contributed by atoms with E-state index in [0.29, 0.717) is 5.39 Å². The van der Waals surface area contributed by atoms with E-state index in [1.165, 1.54) is 6.07 Å². The quantitative estimate of drug-likeness (QED) is 0.809. The molecule has 0 saturated carbocycles. The molecule has 0 spiro atoms. The number of fused-ring (bicyclic) bond motifs is 1. The third-order valence-electron chi connectivity index (χ3n) is 2.58. The first-order valence-electron chi connectivity index (χ1n) is 4.68. The Balaban J connectivity index is 2.71. The first-order chi connectivity index (χ1) is 7.06. The van der Waals surface area contributed by atoms with Gasteiger partial charge in [-0.25, -0.2) is 0 Å². The molecule has 4 heteroatoms. The smallest absolute Gasteiger partial charge is 0.285 e. The van der Waals surface area contributed by atoms with Crippen LogP contribution < -0.4 is 5.73 Å². The Hall–Kier alpha value is -1.42. The van der Waals surface area contributed by atoms with Crippen LogP contribution in [0.1, 0.15) is 5.56 Å². The van der Waals surface area contributed by atoms with E-state index < -0.39 is 12.5 Å². The summed E-state index contributed by atoms with van der Waals surface area (Å²) >= 11 is 0. The van der Waals surface area contributed by atoms with E-state index in [1.54, 1.807) is 18.3 Å². The van der Waals surface area contributed by atoms with Crippen molar-refractivity contribution in [3.05, 3.63) is 36.0 Å². The number of alkyl halides is 2. The highest BCUT2D eigenvalue weighted by Gasteiger charge is 2.31. The van der Waals surface area contributed by atoms with E-state index in [-0.39, 0.29) is 5.56 Å². The molecule has 0 bridgehead atoms.